The van der Waals surface area contributed by atoms with E-state index in [4.69, 9.17) is 0 Å². The second-order valence-corrected chi connectivity index (χ2v) is 9.76. The molecule has 0 unspecified atom stereocenters. The molecule has 1 N–H and O–H groups in total. The van der Waals surface area contributed by atoms with Crippen LogP contribution in [0.4, 0.5) is 0 Å². The first-order valence-corrected chi connectivity index (χ1v) is 10.2. The number of hydrogen-bond acceptors (Lipinski definition) is 2. The van der Waals surface area contributed by atoms with Crippen molar-refractivity contribution in [3.05, 3.63) is 11.6 Å². The van der Waals surface area contributed by atoms with Gasteiger partial charge in [-0.25, -0.2) is 0 Å². The van der Waals surface area contributed by atoms with E-state index in [1.54, 1.807) is 0 Å². The fourth-order valence-corrected chi connectivity index (χ4v) is 7.74. The highest BCUT2D eigenvalue weighted by atomic mass is 16.3. The van der Waals surface area contributed by atoms with Gasteiger partial charge in [0.2, 0.25) is 0 Å². The van der Waals surface area contributed by atoms with Gasteiger partial charge in [0.1, 0.15) is 0 Å². The minimum atomic E-state index is 0.155. The maximum Gasteiger partial charge on any atom is 0.155 e. The second kappa shape index (κ2) is 5.43. The van der Waals surface area contributed by atoms with E-state index in [0.29, 0.717) is 17.8 Å². The number of fused-ring (bicyclic) bond motifs is 5. The van der Waals surface area contributed by atoms with Gasteiger partial charge in [-0.2, -0.15) is 0 Å². The second-order valence-electron chi connectivity index (χ2n) is 9.76. The van der Waals surface area contributed by atoms with Crippen LogP contribution in [0.1, 0.15) is 78.6 Å². The van der Waals surface area contributed by atoms with Gasteiger partial charge >= 0.3 is 0 Å². The summed E-state index contributed by atoms with van der Waals surface area (Å²) in [6.07, 6.45) is 12.4. The van der Waals surface area contributed by atoms with Gasteiger partial charge in [-0.15, -0.1) is 0 Å². The van der Waals surface area contributed by atoms with Crippen molar-refractivity contribution in [1.82, 2.24) is 0 Å². The maximum atomic E-state index is 11.9. The lowest BCUT2D eigenvalue weighted by molar-refractivity contribution is -0.119. The lowest BCUT2D eigenvalue weighted by Crippen LogP contribution is -2.53. The van der Waals surface area contributed by atoms with Crippen molar-refractivity contribution in [2.24, 2.45) is 34.0 Å². The topological polar surface area (TPSA) is 37.3 Å². The summed E-state index contributed by atoms with van der Waals surface area (Å²) in [5.41, 5.74) is 2.21. The Kier molecular flexibility index (Phi) is 3.81. The van der Waals surface area contributed by atoms with Crippen LogP contribution in [0.5, 0.6) is 0 Å². The Bertz CT molecular complexity index is 573. The average molecular weight is 331 g/mol. The first-order valence-electron chi connectivity index (χ1n) is 10.2. The molecule has 0 bridgehead atoms. The summed E-state index contributed by atoms with van der Waals surface area (Å²) in [5.74, 6) is 2.70. The molecule has 2 heteroatoms. The number of aliphatic hydroxyl groups excluding tert-OH is 1. The first kappa shape index (κ1) is 16.8. The molecular formula is C22H34O2. The van der Waals surface area contributed by atoms with E-state index in [1.807, 2.05) is 6.08 Å². The smallest absolute Gasteiger partial charge is 0.155 e. The Morgan fingerprint density at radius 2 is 1.83 bits per heavy atom. The third-order valence-electron chi connectivity index (χ3n) is 9.48. The number of allylic oxidation sites excluding steroid dienone is 1. The monoisotopic (exact) mass is 330 g/mol. The molecule has 6 atom stereocenters. The first-order chi connectivity index (χ1) is 11.4. The summed E-state index contributed by atoms with van der Waals surface area (Å²) in [7, 11) is 0. The predicted molar refractivity (Wildman–Crippen MR) is 96.5 cm³/mol. The average Bonchev–Trinajstić information content (AvgIpc) is 2.88. The van der Waals surface area contributed by atoms with Crippen molar-refractivity contribution in [2.45, 2.75) is 78.6 Å². The van der Waals surface area contributed by atoms with Gasteiger partial charge in [0.25, 0.3) is 0 Å². The fraction of sp³-hybridized carbons (Fsp3) is 0.864. The number of hydrogen-bond donors (Lipinski definition) is 1. The van der Waals surface area contributed by atoms with Gasteiger partial charge < -0.3 is 5.11 Å². The molecule has 0 spiro atoms. The molecule has 0 saturated heterocycles. The summed E-state index contributed by atoms with van der Waals surface area (Å²) in [6.45, 7) is 7.61. The number of carbonyl (C=O) groups excluding carboxylic acids is 1. The molecule has 2 nitrogen and oxygen atoms in total. The molecule has 0 radical (unpaired) electrons. The van der Waals surface area contributed by atoms with Crippen molar-refractivity contribution in [3.63, 3.8) is 0 Å². The molecule has 0 amide bonds. The number of rotatable bonds is 2. The number of carbonyl (C=O) groups is 1. The summed E-state index contributed by atoms with van der Waals surface area (Å²) in [5, 5.41) is 10.2. The minimum absolute atomic E-state index is 0.155. The predicted octanol–water partition coefficient (Wildman–Crippen LogP) is 4.91. The largest absolute Gasteiger partial charge is 0.396 e. The number of aliphatic hydroxyl groups is 1. The summed E-state index contributed by atoms with van der Waals surface area (Å²) >= 11 is 0. The SMILES string of the molecule is CC[C@]1(CO)CC[C@H]2[C@@H]3CCC4=CC(=O)CC[C@]4(C)[C@H]3CC[C@@]21C. The molecule has 24 heavy (non-hydrogen) atoms. The van der Waals surface area contributed by atoms with Crippen LogP contribution < -0.4 is 0 Å². The van der Waals surface area contributed by atoms with Crippen LogP contribution in [-0.2, 0) is 4.79 Å². The zero-order chi connectivity index (χ0) is 17.2. The van der Waals surface area contributed by atoms with E-state index in [-0.39, 0.29) is 10.8 Å². The Morgan fingerprint density at radius 3 is 2.54 bits per heavy atom. The molecule has 0 aliphatic heterocycles. The van der Waals surface area contributed by atoms with Crippen molar-refractivity contribution in [3.8, 4) is 0 Å². The fourth-order valence-electron chi connectivity index (χ4n) is 7.74. The Morgan fingerprint density at radius 1 is 1.08 bits per heavy atom. The van der Waals surface area contributed by atoms with Crippen LogP contribution in [0, 0.1) is 34.0 Å². The highest BCUT2D eigenvalue weighted by Gasteiger charge is 2.63. The van der Waals surface area contributed by atoms with Crippen molar-refractivity contribution in [2.75, 3.05) is 6.61 Å². The lowest BCUT2D eigenvalue weighted by Gasteiger charge is -2.60. The van der Waals surface area contributed by atoms with Crippen LogP contribution in [0.15, 0.2) is 11.6 Å². The highest BCUT2D eigenvalue weighted by molar-refractivity contribution is 5.91. The van der Waals surface area contributed by atoms with E-state index in [2.05, 4.69) is 20.8 Å². The summed E-state index contributed by atoms with van der Waals surface area (Å²) in [6, 6.07) is 0. The van der Waals surface area contributed by atoms with E-state index in [9.17, 15) is 9.90 Å². The van der Waals surface area contributed by atoms with Crippen LogP contribution >= 0.6 is 0 Å². The Hall–Kier alpha value is -0.630. The molecule has 3 saturated carbocycles. The third-order valence-corrected chi connectivity index (χ3v) is 9.48. The standard InChI is InChI=1S/C22H34O2/c1-4-22(14-23)12-9-19-17-6-5-15-13-16(24)7-10-20(15,2)18(17)8-11-21(19,22)3/h13,17-19,23H,4-12,14H2,1-3H3/t17-,18+,19+,20+,21+,22-/m1/s1. The van der Waals surface area contributed by atoms with Crippen molar-refractivity contribution >= 4 is 5.78 Å². The molecule has 0 heterocycles. The summed E-state index contributed by atoms with van der Waals surface area (Å²) < 4.78 is 0. The van der Waals surface area contributed by atoms with Gasteiger partial charge in [-0.1, -0.05) is 26.3 Å². The minimum Gasteiger partial charge on any atom is -0.396 e. The molecule has 4 aliphatic rings. The van der Waals surface area contributed by atoms with E-state index in [0.717, 1.165) is 43.4 Å². The van der Waals surface area contributed by atoms with E-state index < -0.39 is 0 Å². The Balaban J connectivity index is 1.68. The van der Waals surface area contributed by atoms with Gasteiger partial charge in [-0.05, 0) is 91.4 Å². The zero-order valence-corrected chi connectivity index (χ0v) is 15.7. The third kappa shape index (κ3) is 1.95. The van der Waals surface area contributed by atoms with Gasteiger partial charge in [0.15, 0.2) is 5.78 Å². The summed E-state index contributed by atoms with van der Waals surface area (Å²) in [4.78, 5) is 11.9. The van der Waals surface area contributed by atoms with Crippen LogP contribution in [-0.4, -0.2) is 17.5 Å². The molecule has 0 aromatic carbocycles. The normalized spacial score (nSPS) is 50.8. The zero-order valence-electron chi connectivity index (χ0n) is 15.7. The van der Waals surface area contributed by atoms with Crippen LogP contribution in [0.2, 0.25) is 0 Å². The molecule has 4 rings (SSSR count). The molecular weight excluding hydrogens is 296 g/mol. The highest BCUT2D eigenvalue weighted by Crippen LogP contribution is 2.70. The quantitative estimate of drug-likeness (QED) is 0.781. The van der Waals surface area contributed by atoms with Crippen molar-refractivity contribution < 1.29 is 9.90 Å². The van der Waals surface area contributed by atoms with E-state index >= 15 is 0 Å². The molecule has 4 aliphatic carbocycles. The molecule has 0 aromatic rings. The van der Waals surface area contributed by atoms with Gasteiger partial charge in [0, 0.05) is 13.0 Å². The maximum absolute atomic E-state index is 11.9. The van der Waals surface area contributed by atoms with Crippen LogP contribution in [0.3, 0.4) is 0 Å². The van der Waals surface area contributed by atoms with Gasteiger partial charge in [-0.3, -0.25) is 4.79 Å². The molecule has 0 aromatic heterocycles. The molecule has 134 valence electrons. The van der Waals surface area contributed by atoms with E-state index in [1.165, 1.54) is 37.7 Å². The molecule has 3 fully saturated rings. The van der Waals surface area contributed by atoms with Crippen LogP contribution in [0.25, 0.3) is 0 Å². The van der Waals surface area contributed by atoms with Gasteiger partial charge in [0.05, 0.1) is 0 Å². The number of ketones is 1. The lowest BCUT2D eigenvalue weighted by atomic mass is 9.45. The van der Waals surface area contributed by atoms with Crippen molar-refractivity contribution in [1.29, 1.82) is 0 Å². The Labute approximate surface area is 147 Å².